The molecule has 2 N–H and O–H groups in total. The molecule has 1 heterocycles. The van der Waals surface area contributed by atoms with E-state index in [1.165, 1.54) is 0 Å². The van der Waals surface area contributed by atoms with Gasteiger partial charge in [0.05, 0.1) is 12.1 Å². The number of hydrogen-bond donors (Lipinski definition) is 2. The Morgan fingerprint density at radius 2 is 2.00 bits per heavy atom. The lowest BCUT2D eigenvalue weighted by Crippen LogP contribution is -2.42. The van der Waals surface area contributed by atoms with Crippen molar-refractivity contribution in [1.29, 1.82) is 0 Å². The molecule has 1 unspecified atom stereocenters. The normalized spacial score (nSPS) is 17.0. The number of amides is 1. The average molecular weight is 299 g/mol. The number of carbonyl (C=O) groups is 1. The fourth-order valence-corrected chi connectivity index (χ4v) is 2.94. The first-order valence-electron chi connectivity index (χ1n) is 7.64. The Morgan fingerprint density at radius 1 is 1.32 bits per heavy atom. The Hall–Kier alpha value is -2.07. The molecule has 1 aliphatic carbocycles. The summed E-state index contributed by atoms with van der Waals surface area (Å²) in [7, 11) is 0. The second-order valence-electron chi connectivity index (χ2n) is 6.07. The highest BCUT2D eigenvalue weighted by Crippen LogP contribution is 2.45. The molecule has 4 heteroatoms. The van der Waals surface area contributed by atoms with Crippen molar-refractivity contribution in [2.45, 2.75) is 32.3 Å². The predicted molar refractivity (Wildman–Crippen MR) is 83.6 cm³/mol. The van der Waals surface area contributed by atoms with Gasteiger partial charge in [0.1, 0.15) is 17.1 Å². The van der Waals surface area contributed by atoms with Crippen LogP contribution in [0.5, 0.6) is 0 Å². The SMILES string of the molecule is Cc1cc(C(=O)NCC(O)(c2ccccc2)C2CC2)c(C)o1. The van der Waals surface area contributed by atoms with Gasteiger partial charge in [-0.3, -0.25) is 4.79 Å². The van der Waals surface area contributed by atoms with E-state index in [-0.39, 0.29) is 18.4 Å². The van der Waals surface area contributed by atoms with Crippen LogP contribution >= 0.6 is 0 Å². The minimum Gasteiger partial charge on any atom is -0.466 e. The molecular formula is C18H21NO3. The van der Waals surface area contributed by atoms with Gasteiger partial charge in [-0.05, 0) is 44.2 Å². The Balaban J connectivity index is 1.75. The first-order chi connectivity index (χ1) is 10.5. The summed E-state index contributed by atoms with van der Waals surface area (Å²) in [4.78, 5) is 12.3. The van der Waals surface area contributed by atoms with Crippen molar-refractivity contribution >= 4 is 5.91 Å². The summed E-state index contributed by atoms with van der Waals surface area (Å²) in [5, 5.41) is 13.9. The summed E-state index contributed by atoms with van der Waals surface area (Å²) in [5.41, 5.74) is 0.394. The molecular weight excluding hydrogens is 278 g/mol. The van der Waals surface area contributed by atoms with Crippen molar-refractivity contribution in [3.8, 4) is 0 Å². The number of benzene rings is 1. The van der Waals surface area contributed by atoms with E-state index in [4.69, 9.17) is 4.42 Å². The van der Waals surface area contributed by atoms with Crippen LogP contribution in [-0.4, -0.2) is 17.6 Å². The number of hydrogen-bond acceptors (Lipinski definition) is 3. The maximum atomic E-state index is 12.3. The first kappa shape index (κ1) is 14.9. The van der Waals surface area contributed by atoms with E-state index < -0.39 is 5.60 Å². The lowest BCUT2D eigenvalue weighted by molar-refractivity contribution is 0.0135. The molecule has 0 aliphatic heterocycles. The number of nitrogens with one attached hydrogen (secondary N) is 1. The predicted octanol–water partition coefficient (Wildman–Crippen LogP) is 2.92. The first-order valence-corrected chi connectivity index (χ1v) is 7.64. The van der Waals surface area contributed by atoms with E-state index in [2.05, 4.69) is 5.32 Å². The zero-order valence-electron chi connectivity index (χ0n) is 12.9. The topological polar surface area (TPSA) is 62.5 Å². The molecule has 0 saturated heterocycles. The third kappa shape index (κ3) is 2.79. The van der Waals surface area contributed by atoms with Gasteiger partial charge >= 0.3 is 0 Å². The van der Waals surface area contributed by atoms with E-state index in [0.29, 0.717) is 17.1 Å². The molecule has 22 heavy (non-hydrogen) atoms. The van der Waals surface area contributed by atoms with Gasteiger partial charge in [0, 0.05) is 0 Å². The summed E-state index contributed by atoms with van der Waals surface area (Å²) in [6.07, 6.45) is 1.98. The van der Waals surface area contributed by atoms with Crippen LogP contribution in [0.15, 0.2) is 40.8 Å². The van der Waals surface area contributed by atoms with Gasteiger partial charge in [0.15, 0.2) is 0 Å². The van der Waals surface area contributed by atoms with Crippen molar-refractivity contribution in [2.75, 3.05) is 6.54 Å². The Labute approximate surface area is 130 Å². The van der Waals surface area contributed by atoms with Gasteiger partial charge in [-0.2, -0.15) is 0 Å². The van der Waals surface area contributed by atoms with E-state index in [9.17, 15) is 9.90 Å². The third-order valence-electron chi connectivity index (χ3n) is 4.33. The molecule has 1 amide bonds. The number of aliphatic hydroxyl groups is 1. The molecule has 116 valence electrons. The smallest absolute Gasteiger partial charge is 0.254 e. The summed E-state index contributed by atoms with van der Waals surface area (Å²) < 4.78 is 5.39. The zero-order valence-corrected chi connectivity index (χ0v) is 12.9. The fourth-order valence-electron chi connectivity index (χ4n) is 2.94. The molecule has 4 nitrogen and oxygen atoms in total. The minimum atomic E-state index is -0.996. The maximum absolute atomic E-state index is 12.3. The molecule has 2 aromatic rings. The van der Waals surface area contributed by atoms with E-state index in [0.717, 1.165) is 18.4 Å². The molecule has 0 radical (unpaired) electrons. The monoisotopic (exact) mass is 299 g/mol. The summed E-state index contributed by atoms with van der Waals surface area (Å²) in [5.74, 6) is 1.32. The van der Waals surface area contributed by atoms with Crippen LogP contribution in [-0.2, 0) is 5.60 Å². The molecule has 1 aliphatic rings. The van der Waals surface area contributed by atoms with Crippen molar-refractivity contribution in [3.63, 3.8) is 0 Å². The standard InChI is InChI=1S/C18H21NO3/c1-12-10-16(13(2)22-12)17(20)19-11-18(21,15-8-9-15)14-6-4-3-5-7-14/h3-7,10,15,21H,8-9,11H2,1-2H3,(H,19,20). The van der Waals surface area contributed by atoms with Crippen LogP contribution in [0.4, 0.5) is 0 Å². The summed E-state index contributed by atoms with van der Waals surface area (Å²) >= 11 is 0. The minimum absolute atomic E-state index is 0.204. The number of carbonyl (C=O) groups excluding carboxylic acids is 1. The van der Waals surface area contributed by atoms with Crippen molar-refractivity contribution in [1.82, 2.24) is 5.32 Å². The van der Waals surface area contributed by atoms with Crippen LogP contribution in [0.3, 0.4) is 0 Å². The van der Waals surface area contributed by atoms with Crippen LogP contribution in [0.2, 0.25) is 0 Å². The lowest BCUT2D eigenvalue weighted by Gasteiger charge is -2.29. The van der Waals surface area contributed by atoms with E-state index in [1.807, 2.05) is 37.3 Å². The zero-order chi connectivity index (χ0) is 15.7. The highest BCUT2D eigenvalue weighted by molar-refractivity contribution is 5.95. The maximum Gasteiger partial charge on any atom is 0.254 e. The Bertz CT molecular complexity index is 673. The Kier molecular flexibility index (Phi) is 3.79. The summed E-state index contributed by atoms with van der Waals surface area (Å²) in [6.45, 7) is 3.80. The number of furan rings is 1. The quantitative estimate of drug-likeness (QED) is 0.892. The second kappa shape index (κ2) is 5.61. The van der Waals surface area contributed by atoms with Gasteiger partial charge in [-0.15, -0.1) is 0 Å². The van der Waals surface area contributed by atoms with Crippen LogP contribution < -0.4 is 5.32 Å². The average Bonchev–Trinajstić information content (AvgIpc) is 3.31. The van der Waals surface area contributed by atoms with Crippen molar-refractivity contribution in [3.05, 3.63) is 59.0 Å². The van der Waals surface area contributed by atoms with Gasteiger partial charge < -0.3 is 14.8 Å². The van der Waals surface area contributed by atoms with E-state index >= 15 is 0 Å². The third-order valence-corrected chi connectivity index (χ3v) is 4.33. The molecule has 1 aromatic heterocycles. The van der Waals surface area contributed by atoms with Crippen LogP contribution in [0.1, 0.15) is 40.3 Å². The van der Waals surface area contributed by atoms with Crippen molar-refractivity contribution in [2.24, 2.45) is 5.92 Å². The van der Waals surface area contributed by atoms with E-state index in [1.54, 1.807) is 13.0 Å². The van der Waals surface area contributed by atoms with Crippen LogP contribution in [0, 0.1) is 19.8 Å². The van der Waals surface area contributed by atoms with Crippen LogP contribution in [0.25, 0.3) is 0 Å². The summed E-state index contributed by atoms with van der Waals surface area (Å²) in [6, 6.07) is 11.3. The molecule has 1 saturated carbocycles. The van der Waals surface area contributed by atoms with Gasteiger partial charge in [-0.1, -0.05) is 30.3 Å². The number of aryl methyl sites for hydroxylation is 2. The largest absolute Gasteiger partial charge is 0.466 e. The second-order valence-corrected chi connectivity index (χ2v) is 6.07. The lowest BCUT2D eigenvalue weighted by atomic mass is 9.88. The fraction of sp³-hybridized carbons (Fsp3) is 0.389. The van der Waals surface area contributed by atoms with Gasteiger partial charge in [0.25, 0.3) is 5.91 Å². The van der Waals surface area contributed by atoms with Gasteiger partial charge in [0.2, 0.25) is 0 Å². The molecule has 1 fully saturated rings. The molecule has 1 atom stereocenters. The highest BCUT2D eigenvalue weighted by Gasteiger charge is 2.45. The molecule has 1 aromatic carbocycles. The number of rotatable bonds is 5. The van der Waals surface area contributed by atoms with Crippen molar-refractivity contribution < 1.29 is 14.3 Å². The highest BCUT2D eigenvalue weighted by atomic mass is 16.3. The molecule has 0 bridgehead atoms. The Morgan fingerprint density at radius 3 is 2.55 bits per heavy atom. The molecule has 0 spiro atoms. The molecule has 3 rings (SSSR count). The van der Waals surface area contributed by atoms with Gasteiger partial charge in [-0.25, -0.2) is 0 Å².